The SMILES string of the molecule is C[C@@H]1CCCCN1CCCCNc1nc2c(cnn2C(C)(C)C)c(=O)[nH]1. The van der Waals surface area contributed by atoms with E-state index in [2.05, 4.69) is 53.0 Å². The van der Waals surface area contributed by atoms with Crippen LogP contribution in [0.25, 0.3) is 11.0 Å². The fourth-order valence-electron chi connectivity index (χ4n) is 3.63. The maximum Gasteiger partial charge on any atom is 0.263 e. The van der Waals surface area contributed by atoms with Crippen LogP contribution in [0.4, 0.5) is 5.95 Å². The van der Waals surface area contributed by atoms with Crippen molar-refractivity contribution < 1.29 is 0 Å². The molecule has 7 nitrogen and oxygen atoms in total. The Hall–Kier alpha value is -1.89. The largest absolute Gasteiger partial charge is 0.356 e. The zero-order chi connectivity index (χ0) is 18.7. The van der Waals surface area contributed by atoms with Crippen molar-refractivity contribution in [3.05, 3.63) is 16.6 Å². The first-order chi connectivity index (χ1) is 12.4. The number of hydrogen-bond acceptors (Lipinski definition) is 5. The summed E-state index contributed by atoms with van der Waals surface area (Å²) in [5.41, 5.74) is 0.270. The van der Waals surface area contributed by atoms with Gasteiger partial charge in [0.2, 0.25) is 5.95 Å². The van der Waals surface area contributed by atoms with E-state index >= 15 is 0 Å². The molecule has 26 heavy (non-hydrogen) atoms. The number of aromatic nitrogens is 4. The van der Waals surface area contributed by atoms with Crippen LogP contribution in [-0.2, 0) is 5.54 Å². The lowest BCUT2D eigenvalue weighted by molar-refractivity contribution is 0.158. The average Bonchev–Trinajstić information content (AvgIpc) is 3.01. The normalized spacial score (nSPS) is 19.2. The minimum absolute atomic E-state index is 0.143. The van der Waals surface area contributed by atoms with Crippen LogP contribution in [0.2, 0.25) is 0 Å². The molecular weight excluding hydrogens is 328 g/mol. The Labute approximate surface area is 155 Å². The molecule has 0 bridgehead atoms. The second-order valence-corrected chi connectivity index (χ2v) is 8.39. The van der Waals surface area contributed by atoms with Gasteiger partial charge in [-0.05, 0) is 66.5 Å². The van der Waals surface area contributed by atoms with Gasteiger partial charge < -0.3 is 10.2 Å². The predicted octanol–water partition coefficient (Wildman–Crippen LogP) is 2.94. The smallest absolute Gasteiger partial charge is 0.263 e. The Morgan fingerprint density at radius 1 is 1.31 bits per heavy atom. The summed E-state index contributed by atoms with van der Waals surface area (Å²) in [6, 6.07) is 0.717. The van der Waals surface area contributed by atoms with Crippen LogP contribution in [0.1, 0.15) is 59.8 Å². The monoisotopic (exact) mass is 360 g/mol. The molecule has 0 unspecified atom stereocenters. The van der Waals surface area contributed by atoms with Crippen molar-refractivity contribution in [2.45, 2.75) is 71.4 Å². The van der Waals surface area contributed by atoms with E-state index in [4.69, 9.17) is 0 Å². The van der Waals surface area contributed by atoms with Gasteiger partial charge in [0, 0.05) is 12.6 Å². The van der Waals surface area contributed by atoms with Crippen molar-refractivity contribution in [3.63, 3.8) is 0 Å². The molecule has 3 rings (SSSR count). The Morgan fingerprint density at radius 3 is 2.85 bits per heavy atom. The fraction of sp³-hybridized carbons (Fsp3) is 0.737. The summed E-state index contributed by atoms with van der Waals surface area (Å²) in [7, 11) is 0. The number of nitrogens with zero attached hydrogens (tertiary/aromatic N) is 4. The zero-order valence-electron chi connectivity index (χ0n) is 16.5. The lowest BCUT2D eigenvalue weighted by Crippen LogP contribution is -2.38. The predicted molar refractivity (Wildman–Crippen MR) is 106 cm³/mol. The van der Waals surface area contributed by atoms with Gasteiger partial charge in [-0.25, -0.2) is 4.68 Å². The van der Waals surface area contributed by atoms with Crippen molar-refractivity contribution in [1.29, 1.82) is 0 Å². The van der Waals surface area contributed by atoms with Gasteiger partial charge in [-0.1, -0.05) is 6.42 Å². The van der Waals surface area contributed by atoms with E-state index in [-0.39, 0.29) is 11.1 Å². The van der Waals surface area contributed by atoms with Crippen molar-refractivity contribution in [2.75, 3.05) is 25.0 Å². The molecule has 0 aromatic carbocycles. The summed E-state index contributed by atoms with van der Waals surface area (Å²) in [6.07, 6.45) is 7.83. The molecule has 0 spiro atoms. The average molecular weight is 361 g/mol. The van der Waals surface area contributed by atoms with E-state index in [1.165, 1.54) is 25.8 Å². The summed E-state index contributed by atoms with van der Waals surface area (Å²) in [6.45, 7) is 11.7. The zero-order valence-corrected chi connectivity index (χ0v) is 16.5. The highest BCUT2D eigenvalue weighted by Gasteiger charge is 2.20. The topological polar surface area (TPSA) is 78.8 Å². The first-order valence-electron chi connectivity index (χ1n) is 9.83. The van der Waals surface area contributed by atoms with Crippen LogP contribution in [0.3, 0.4) is 0 Å². The molecule has 144 valence electrons. The molecule has 1 atom stereocenters. The standard InChI is InChI=1S/C19H32N6O/c1-14-9-5-7-11-24(14)12-8-6-10-20-18-22-16-15(17(26)23-18)13-21-25(16)19(2,3)4/h13-14H,5-12H2,1-4H3,(H2,20,22,23,26)/t14-/m1/s1. The van der Waals surface area contributed by atoms with Gasteiger partial charge in [0.05, 0.1) is 11.7 Å². The number of fused-ring (bicyclic) bond motifs is 1. The van der Waals surface area contributed by atoms with Gasteiger partial charge in [-0.3, -0.25) is 9.78 Å². The molecule has 1 saturated heterocycles. The minimum atomic E-state index is -0.217. The summed E-state index contributed by atoms with van der Waals surface area (Å²) in [4.78, 5) is 22.3. The molecule has 2 aromatic rings. The van der Waals surface area contributed by atoms with Crippen molar-refractivity contribution in [1.82, 2.24) is 24.6 Å². The maximum absolute atomic E-state index is 12.3. The number of piperidine rings is 1. The van der Waals surface area contributed by atoms with Crippen LogP contribution in [-0.4, -0.2) is 50.3 Å². The summed E-state index contributed by atoms with van der Waals surface area (Å²) < 4.78 is 1.81. The Balaban J connectivity index is 1.56. The molecule has 0 saturated carbocycles. The van der Waals surface area contributed by atoms with Gasteiger partial charge in [0.15, 0.2) is 5.65 Å². The third kappa shape index (κ3) is 4.26. The van der Waals surface area contributed by atoms with Gasteiger partial charge in [-0.2, -0.15) is 10.1 Å². The third-order valence-electron chi connectivity index (χ3n) is 5.18. The van der Waals surface area contributed by atoms with Crippen LogP contribution in [0.5, 0.6) is 0 Å². The number of nitrogens with one attached hydrogen (secondary N) is 2. The second kappa shape index (κ2) is 7.78. The molecule has 1 aliphatic heterocycles. The van der Waals surface area contributed by atoms with Gasteiger partial charge in [-0.15, -0.1) is 0 Å². The van der Waals surface area contributed by atoms with Crippen molar-refractivity contribution in [2.24, 2.45) is 0 Å². The summed E-state index contributed by atoms with van der Waals surface area (Å²) in [5.74, 6) is 0.528. The van der Waals surface area contributed by atoms with Gasteiger partial charge in [0.25, 0.3) is 5.56 Å². The minimum Gasteiger partial charge on any atom is -0.356 e. The summed E-state index contributed by atoms with van der Waals surface area (Å²) in [5, 5.41) is 8.14. The highest BCUT2D eigenvalue weighted by molar-refractivity contribution is 5.74. The number of hydrogen-bond donors (Lipinski definition) is 2. The first-order valence-corrected chi connectivity index (χ1v) is 9.83. The van der Waals surface area contributed by atoms with E-state index in [9.17, 15) is 4.79 Å². The Morgan fingerprint density at radius 2 is 2.12 bits per heavy atom. The molecule has 7 heteroatoms. The Kier molecular flexibility index (Phi) is 5.65. The highest BCUT2D eigenvalue weighted by atomic mass is 16.1. The molecule has 2 N–H and O–H groups in total. The number of likely N-dealkylation sites (tertiary alicyclic amines) is 1. The number of anilines is 1. The van der Waals surface area contributed by atoms with Crippen LogP contribution >= 0.6 is 0 Å². The van der Waals surface area contributed by atoms with E-state index in [0.717, 1.165) is 32.0 Å². The molecule has 3 heterocycles. The fourth-order valence-corrected chi connectivity index (χ4v) is 3.63. The molecule has 1 fully saturated rings. The number of unbranched alkanes of at least 4 members (excludes halogenated alkanes) is 1. The highest BCUT2D eigenvalue weighted by Crippen LogP contribution is 2.19. The number of H-pyrrole nitrogens is 1. The van der Waals surface area contributed by atoms with Crippen LogP contribution < -0.4 is 10.9 Å². The van der Waals surface area contributed by atoms with Crippen molar-refractivity contribution in [3.8, 4) is 0 Å². The van der Waals surface area contributed by atoms with E-state index in [0.29, 0.717) is 17.0 Å². The van der Waals surface area contributed by atoms with Gasteiger partial charge >= 0.3 is 0 Å². The lowest BCUT2D eigenvalue weighted by Gasteiger charge is -2.33. The van der Waals surface area contributed by atoms with Crippen molar-refractivity contribution >= 4 is 17.0 Å². The summed E-state index contributed by atoms with van der Waals surface area (Å²) >= 11 is 0. The van der Waals surface area contributed by atoms with Crippen LogP contribution in [0.15, 0.2) is 11.0 Å². The number of aromatic amines is 1. The third-order valence-corrected chi connectivity index (χ3v) is 5.18. The molecule has 0 radical (unpaired) electrons. The molecular formula is C19H32N6O. The van der Waals surface area contributed by atoms with Crippen LogP contribution in [0, 0.1) is 0 Å². The van der Waals surface area contributed by atoms with Gasteiger partial charge in [0.1, 0.15) is 5.39 Å². The maximum atomic E-state index is 12.3. The lowest BCUT2D eigenvalue weighted by atomic mass is 10.0. The van der Waals surface area contributed by atoms with E-state index in [1.54, 1.807) is 10.9 Å². The quantitative estimate of drug-likeness (QED) is 0.775. The molecule has 2 aromatic heterocycles. The molecule has 0 amide bonds. The first kappa shape index (κ1) is 18.9. The molecule has 1 aliphatic rings. The molecule has 0 aliphatic carbocycles. The number of rotatable bonds is 6. The van der Waals surface area contributed by atoms with E-state index in [1.807, 2.05) is 0 Å². The second-order valence-electron chi connectivity index (χ2n) is 8.39. The van der Waals surface area contributed by atoms with E-state index < -0.39 is 0 Å². The Bertz CT molecular complexity index is 787.